The fourth-order valence-electron chi connectivity index (χ4n) is 3.28. The standard InChI is InChI=1S/C29H23NO5S/c1-33-23-14-8-20(9-15-23)27(30-35-29(32)22-10-16-24(34-2)17-11-22)28(31)21-12-18-26(19-13-21)36-25-6-4-3-5-7-25/h3-19H,1-2H3/b30-27+. The van der Waals surface area contributed by atoms with Gasteiger partial charge in [-0.3, -0.25) is 4.79 Å². The highest BCUT2D eigenvalue weighted by atomic mass is 32.2. The van der Waals surface area contributed by atoms with E-state index in [2.05, 4.69) is 5.16 Å². The van der Waals surface area contributed by atoms with Crippen LogP contribution in [0.2, 0.25) is 0 Å². The number of rotatable bonds is 9. The summed E-state index contributed by atoms with van der Waals surface area (Å²) in [6.07, 6.45) is 0. The molecule has 0 saturated heterocycles. The summed E-state index contributed by atoms with van der Waals surface area (Å²) >= 11 is 1.60. The number of benzene rings is 4. The maximum Gasteiger partial charge on any atom is 0.365 e. The van der Waals surface area contributed by atoms with Crippen LogP contribution < -0.4 is 9.47 Å². The summed E-state index contributed by atoms with van der Waals surface area (Å²) < 4.78 is 10.3. The first-order valence-corrected chi connectivity index (χ1v) is 11.8. The van der Waals surface area contributed by atoms with Crippen molar-refractivity contribution in [3.05, 3.63) is 120 Å². The molecular formula is C29H23NO5S. The number of carbonyl (C=O) groups is 2. The van der Waals surface area contributed by atoms with Gasteiger partial charge in [-0.05, 0) is 84.9 Å². The molecule has 0 aromatic heterocycles. The number of ether oxygens (including phenoxy) is 2. The minimum absolute atomic E-state index is 0.00276. The van der Waals surface area contributed by atoms with Crippen molar-refractivity contribution in [3.8, 4) is 11.5 Å². The van der Waals surface area contributed by atoms with E-state index in [9.17, 15) is 9.59 Å². The number of hydrogen-bond donors (Lipinski definition) is 0. The molecule has 0 fully saturated rings. The molecular weight excluding hydrogens is 474 g/mol. The van der Waals surface area contributed by atoms with Gasteiger partial charge >= 0.3 is 5.97 Å². The van der Waals surface area contributed by atoms with E-state index in [-0.39, 0.29) is 17.1 Å². The Kier molecular flexibility index (Phi) is 8.16. The van der Waals surface area contributed by atoms with Gasteiger partial charge in [-0.15, -0.1) is 0 Å². The van der Waals surface area contributed by atoms with Crippen LogP contribution >= 0.6 is 11.8 Å². The minimum atomic E-state index is -0.689. The van der Waals surface area contributed by atoms with Crippen LogP contribution in [0.15, 0.2) is 118 Å². The highest BCUT2D eigenvalue weighted by molar-refractivity contribution is 7.99. The molecule has 7 heteroatoms. The molecule has 0 N–H and O–H groups in total. The van der Waals surface area contributed by atoms with Gasteiger partial charge in [0.25, 0.3) is 0 Å². The minimum Gasteiger partial charge on any atom is -0.497 e. The lowest BCUT2D eigenvalue weighted by molar-refractivity contribution is 0.0516. The summed E-state index contributed by atoms with van der Waals surface area (Å²) in [5.41, 5.74) is 1.19. The maximum atomic E-state index is 13.4. The number of hydrogen-bond acceptors (Lipinski definition) is 7. The molecule has 0 atom stereocenters. The Hall–Kier alpha value is -4.36. The fraction of sp³-hybridized carbons (Fsp3) is 0.0690. The Morgan fingerprint density at radius 2 is 1.11 bits per heavy atom. The van der Waals surface area contributed by atoms with E-state index in [0.29, 0.717) is 22.6 Å². The molecule has 0 bridgehead atoms. The fourth-order valence-corrected chi connectivity index (χ4v) is 4.11. The second kappa shape index (κ2) is 11.9. The van der Waals surface area contributed by atoms with Crippen molar-refractivity contribution in [1.29, 1.82) is 0 Å². The van der Waals surface area contributed by atoms with Crippen molar-refractivity contribution in [2.75, 3.05) is 14.2 Å². The van der Waals surface area contributed by atoms with Gasteiger partial charge < -0.3 is 14.3 Å². The number of oxime groups is 1. The smallest absolute Gasteiger partial charge is 0.365 e. The number of ketones is 1. The second-order valence-corrected chi connectivity index (χ2v) is 8.69. The molecule has 0 aliphatic rings. The first-order valence-electron chi connectivity index (χ1n) is 11.0. The van der Waals surface area contributed by atoms with Gasteiger partial charge in [0, 0.05) is 20.9 Å². The summed E-state index contributed by atoms with van der Waals surface area (Å²) in [5, 5.41) is 3.98. The summed E-state index contributed by atoms with van der Waals surface area (Å²) in [7, 11) is 3.10. The summed E-state index contributed by atoms with van der Waals surface area (Å²) in [6.45, 7) is 0. The van der Waals surface area contributed by atoms with Crippen LogP contribution in [0.5, 0.6) is 11.5 Å². The van der Waals surface area contributed by atoms with Crippen molar-refractivity contribution in [3.63, 3.8) is 0 Å². The van der Waals surface area contributed by atoms with E-state index in [0.717, 1.165) is 9.79 Å². The van der Waals surface area contributed by atoms with Crippen LogP contribution in [0.3, 0.4) is 0 Å². The Balaban J connectivity index is 1.58. The van der Waals surface area contributed by atoms with Crippen LogP contribution in [0.4, 0.5) is 0 Å². The third-order valence-electron chi connectivity index (χ3n) is 5.22. The van der Waals surface area contributed by atoms with Gasteiger partial charge in [-0.2, -0.15) is 0 Å². The summed E-state index contributed by atoms with van der Waals surface area (Å²) in [4.78, 5) is 33.2. The monoisotopic (exact) mass is 497 g/mol. The third-order valence-corrected chi connectivity index (χ3v) is 6.24. The molecule has 36 heavy (non-hydrogen) atoms. The third kappa shape index (κ3) is 6.20. The molecule has 0 heterocycles. The molecule has 0 amide bonds. The molecule has 0 aliphatic heterocycles. The lowest BCUT2D eigenvalue weighted by atomic mass is 10.0. The van der Waals surface area contributed by atoms with Gasteiger partial charge in [0.1, 0.15) is 11.5 Å². The van der Waals surface area contributed by atoms with Gasteiger partial charge in [0.05, 0.1) is 19.8 Å². The predicted octanol–water partition coefficient (Wildman–Crippen LogP) is 6.30. The van der Waals surface area contributed by atoms with Crippen LogP contribution in [0.1, 0.15) is 26.3 Å². The molecule has 0 aliphatic carbocycles. The van der Waals surface area contributed by atoms with E-state index >= 15 is 0 Å². The first-order chi connectivity index (χ1) is 17.6. The van der Waals surface area contributed by atoms with Gasteiger partial charge in [0.2, 0.25) is 5.78 Å². The molecule has 4 aromatic carbocycles. The lowest BCUT2D eigenvalue weighted by Gasteiger charge is -2.08. The van der Waals surface area contributed by atoms with Crippen molar-refractivity contribution in [2.45, 2.75) is 9.79 Å². The zero-order valence-corrected chi connectivity index (χ0v) is 20.5. The lowest BCUT2D eigenvalue weighted by Crippen LogP contribution is -2.17. The maximum absolute atomic E-state index is 13.4. The van der Waals surface area contributed by atoms with E-state index in [4.69, 9.17) is 14.3 Å². The average molecular weight is 498 g/mol. The van der Waals surface area contributed by atoms with Crippen molar-refractivity contribution < 1.29 is 23.9 Å². The van der Waals surface area contributed by atoms with Crippen LogP contribution in [-0.2, 0) is 4.84 Å². The Labute approximate surface area is 213 Å². The largest absolute Gasteiger partial charge is 0.497 e. The van der Waals surface area contributed by atoms with E-state index in [1.54, 1.807) is 79.5 Å². The van der Waals surface area contributed by atoms with E-state index in [1.165, 1.54) is 7.11 Å². The molecule has 6 nitrogen and oxygen atoms in total. The summed E-state index contributed by atoms with van der Waals surface area (Å²) in [5.74, 6) is 0.172. The van der Waals surface area contributed by atoms with Crippen LogP contribution in [0, 0.1) is 0 Å². The van der Waals surface area contributed by atoms with Crippen molar-refractivity contribution >= 4 is 29.2 Å². The molecule has 4 aromatic rings. The first kappa shape index (κ1) is 24.8. The van der Waals surface area contributed by atoms with Gasteiger partial charge in [0.15, 0.2) is 5.71 Å². The Bertz CT molecular complexity index is 1350. The molecule has 4 rings (SSSR count). The average Bonchev–Trinajstić information content (AvgIpc) is 2.94. The molecule has 0 spiro atoms. The number of carbonyl (C=O) groups excluding carboxylic acids is 2. The SMILES string of the molecule is COc1ccc(C(=O)O/N=C(/C(=O)c2ccc(Sc3ccccc3)cc2)c2ccc(OC)cc2)cc1. The highest BCUT2D eigenvalue weighted by Crippen LogP contribution is 2.27. The summed E-state index contributed by atoms with van der Waals surface area (Å²) in [6, 6.07) is 30.4. The molecule has 0 saturated carbocycles. The van der Waals surface area contributed by atoms with Gasteiger partial charge in [-0.25, -0.2) is 4.79 Å². The van der Waals surface area contributed by atoms with Gasteiger partial charge in [-0.1, -0.05) is 35.1 Å². The number of Topliss-reactive ketones (excluding diaryl/α,β-unsaturated/α-hetero) is 1. The number of nitrogens with zero attached hydrogens (tertiary/aromatic N) is 1. The predicted molar refractivity (Wildman–Crippen MR) is 139 cm³/mol. The quantitative estimate of drug-likeness (QED) is 0.117. The zero-order valence-electron chi connectivity index (χ0n) is 19.7. The zero-order chi connectivity index (χ0) is 25.3. The van der Waals surface area contributed by atoms with Crippen molar-refractivity contribution in [2.24, 2.45) is 5.16 Å². The van der Waals surface area contributed by atoms with E-state index < -0.39 is 5.97 Å². The Morgan fingerprint density at radius 1 is 0.611 bits per heavy atom. The van der Waals surface area contributed by atoms with Crippen molar-refractivity contribution in [1.82, 2.24) is 0 Å². The molecule has 0 unspecified atom stereocenters. The number of methoxy groups -OCH3 is 2. The highest BCUT2D eigenvalue weighted by Gasteiger charge is 2.19. The molecule has 0 radical (unpaired) electrons. The van der Waals surface area contributed by atoms with Crippen LogP contribution in [-0.4, -0.2) is 31.7 Å². The topological polar surface area (TPSA) is 74.2 Å². The Morgan fingerprint density at radius 3 is 1.67 bits per heavy atom. The normalized spacial score (nSPS) is 11.0. The van der Waals surface area contributed by atoms with E-state index in [1.807, 2.05) is 42.5 Å². The van der Waals surface area contributed by atoms with Crippen LogP contribution in [0.25, 0.3) is 0 Å². The second-order valence-electron chi connectivity index (χ2n) is 7.54. The molecule has 180 valence electrons.